The summed E-state index contributed by atoms with van der Waals surface area (Å²) in [6.07, 6.45) is 0.443. The molecule has 176 valence electrons. The van der Waals surface area contributed by atoms with E-state index in [9.17, 15) is 21.6 Å². The number of amides is 1. The van der Waals surface area contributed by atoms with Crippen molar-refractivity contribution in [3.63, 3.8) is 0 Å². The maximum Gasteiger partial charge on any atom is 0.241 e. The largest absolute Gasteiger partial charge is 0.354 e. The van der Waals surface area contributed by atoms with Crippen LogP contribution in [0, 0.1) is 5.92 Å². The fraction of sp³-hybridized carbons (Fsp3) is 0.261. The fourth-order valence-electron chi connectivity index (χ4n) is 3.35. The summed E-state index contributed by atoms with van der Waals surface area (Å²) in [5.41, 5.74) is 0.806. The van der Waals surface area contributed by atoms with Crippen molar-refractivity contribution in [2.24, 2.45) is 11.1 Å². The van der Waals surface area contributed by atoms with E-state index in [1.54, 1.807) is 38.1 Å². The second kappa shape index (κ2) is 10.0. The van der Waals surface area contributed by atoms with Crippen LogP contribution < -0.4 is 15.2 Å². The molecule has 0 heterocycles. The predicted molar refractivity (Wildman–Crippen MR) is 127 cm³/mol. The lowest BCUT2D eigenvalue weighted by atomic mass is 10.0. The average Bonchev–Trinajstić information content (AvgIpc) is 2.76. The predicted octanol–water partition coefficient (Wildman–Crippen LogP) is 2.15. The van der Waals surface area contributed by atoms with Crippen LogP contribution in [0.15, 0.2) is 76.5 Å². The molecular formula is C23H27N3O5S2. The molecular weight excluding hydrogens is 462 g/mol. The lowest BCUT2D eigenvalue weighted by Crippen LogP contribution is -2.49. The van der Waals surface area contributed by atoms with Crippen LogP contribution in [-0.4, -0.2) is 35.3 Å². The number of primary sulfonamides is 1. The van der Waals surface area contributed by atoms with E-state index < -0.39 is 32.0 Å². The van der Waals surface area contributed by atoms with Gasteiger partial charge in [0.1, 0.15) is 6.04 Å². The lowest BCUT2D eigenvalue weighted by molar-refractivity contribution is -0.123. The average molecular weight is 490 g/mol. The van der Waals surface area contributed by atoms with E-state index in [1.807, 2.05) is 24.3 Å². The number of nitrogens with one attached hydrogen (secondary N) is 2. The minimum atomic E-state index is -3.92. The number of carbonyl (C=O) groups excluding carboxylic acids is 1. The molecule has 10 heteroatoms. The number of rotatable bonds is 9. The molecule has 0 aliphatic heterocycles. The highest BCUT2D eigenvalue weighted by molar-refractivity contribution is 7.89. The molecule has 0 aliphatic rings. The van der Waals surface area contributed by atoms with Crippen LogP contribution in [0.25, 0.3) is 10.8 Å². The third kappa shape index (κ3) is 6.38. The number of nitrogens with two attached hydrogens (primary N) is 1. The van der Waals surface area contributed by atoms with Gasteiger partial charge in [-0.3, -0.25) is 4.79 Å². The van der Waals surface area contributed by atoms with E-state index in [0.29, 0.717) is 6.42 Å². The van der Waals surface area contributed by atoms with Crippen molar-refractivity contribution in [2.75, 3.05) is 6.54 Å². The Morgan fingerprint density at radius 3 is 2.09 bits per heavy atom. The first-order chi connectivity index (χ1) is 15.5. The van der Waals surface area contributed by atoms with E-state index in [-0.39, 0.29) is 22.3 Å². The molecule has 0 bridgehead atoms. The second-order valence-corrected chi connectivity index (χ2v) is 11.4. The molecule has 33 heavy (non-hydrogen) atoms. The molecule has 0 radical (unpaired) electrons. The van der Waals surface area contributed by atoms with Gasteiger partial charge in [0.05, 0.1) is 9.79 Å². The molecule has 8 nitrogen and oxygen atoms in total. The Bertz CT molecular complexity index is 1350. The minimum Gasteiger partial charge on any atom is -0.354 e. The molecule has 3 aromatic carbocycles. The minimum absolute atomic E-state index is 0.0123. The third-order valence-corrected chi connectivity index (χ3v) is 7.60. The van der Waals surface area contributed by atoms with Crippen LogP contribution in [0.3, 0.4) is 0 Å². The van der Waals surface area contributed by atoms with Crippen LogP contribution in [0.1, 0.15) is 19.4 Å². The van der Waals surface area contributed by atoms with Gasteiger partial charge in [0.15, 0.2) is 0 Å². The Morgan fingerprint density at radius 2 is 1.48 bits per heavy atom. The zero-order valence-electron chi connectivity index (χ0n) is 18.4. The molecule has 0 spiro atoms. The molecule has 0 aromatic heterocycles. The highest BCUT2D eigenvalue weighted by Crippen LogP contribution is 2.20. The molecule has 0 saturated heterocycles. The van der Waals surface area contributed by atoms with Crippen LogP contribution in [0.5, 0.6) is 0 Å². The highest BCUT2D eigenvalue weighted by Gasteiger charge is 2.28. The Morgan fingerprint density at radius 1 is 0.879 bits per heavy atom. The number of benzene rings is 3. The maximum atomic E-state index is 13.0. The summed E-state index contributed by atoms with van der Waals surface area (Å²) in [7, 11) is -7.68. The van der Waals surface area contributed by atoms with Gasteiger partial charge in [-0.1, -0.05) is 56.3 Å². The fourth-order valence-corrected chi connectivity index (χ4v) is 5.24. The van der Waals surface area contributed by atoms with Crippen LogP contribution >= 0.6 is 0 Å². The third-order valence-electron chi connectivity index (χ3n) is 5.23. The van der Waals surface area contributed by atoms with Crippen LogP contribution in [0.4, 0.5) is 0 Å². The number of hydrogen-bond donors (Lipinski definition) is 3. The van der Waals surface area contributed by atoms with Gasteiger partial charge in [0.25, 0.3) is 0 Å². The smallest absolute Gasteiger partial charge is 0.241 e. The molecule has 0 saturated carbocycles. The zero-order chi connectivity index (χ0) is 24.2. The van der Waals surface area contributed by atoms with Gasteiger partial charge in [0.2, 0.25) is 26.0 Å². The second-order valence-electron chi connectivity index (χ2n) is 8.08. The summed E-state index contributed by atoms with van der Waals surface area (Å²) in [5, 5.41) is 9.55. The van der Waals surface area contributed by atoms with Gasteiger partial charge in [-0.2, -0.15) is 4.72 Å². The molecule has 1 amide bonds. The summed E-state index contributed by atoms with van der Waals surface area (Å²) < 4.78 is 51.1. The van der Waals surface area contributed by atoms with Crippen molar-refractivity contribution in [1.29, 1.82) is 0 Å². The first kappa shape index (κ1) is 24.8. The topological polar surface area (TPSA) is 135 Å². The quantitative estimate of drug-likeness (QED) is 0.423. The number of sulfonamides is 2. The Kier molecular flexibility index (Phi) is 7.53. The van der Waals surface area contributed by atoms with Crippen molar-refractivity contribution in [3.8, 4) is 0 Å². The van der Waals surface area contributed by atoms with Gasteiger partial charge in [-0.05, 0) is 52.9 Å². The Balaban J connectivity index is 1.65. The van der Waals surface area contributed by atoms with Gasteiger partial charge < -0.3 is 5.32 Å². The zero-order valence-corrected chi connectivity index (χ0v) is 20.0. The Hall–Kier alpha value is -2.79. The van der Waals surface area contributed by atoms with E-state index in [0.717, 1.165) is 16.3 Å². The van der Waals surface area contributed by atoms with E-state index in [2.05, 4.69) is 10.0 Å². The number of hydrogen-bond acceptors (Lipinski definition) is 5. The summed E-state index contributed by atoms with van der Waals surface area (Å²) in [4.78, 5) is 12.9. The van der Waals surface area contributed by atoms with Crippen molar-refractivity contribution in [3.05, 3.63) is 72.3 Å². The van der Waals surface area contributed by atoms with Crippen molar-refractivity contribution in [1.82, 2.24) is 10.0 Å². The summed E-state index contributed by atoms with van der Waals surface area (Å²) >= 11 is 0. The first-order valence-electron chi connectivity index (χ1n) is 10.4. The van der Waals surface area contributed by atoms with E-state index in [1.165, 1.54) is 18.2 Å². The standard InChI is InChI=1S/C23H27N3O5S2/c1-16(2)22(23(27)25-14-13-17-7-10-20(11-8-17)32(24,28)29)26-33(30,31)21-12-9-18-5-3-4-6-19(18)15-21/h3-12,15-16,22,26H,13-14H2,1-2H3,(H,25,27)(H2,24,28,29)/t22-/m1/s1. The maximum absolute atomic E-state index is 13.0. The van der Waals surface area contributed by atoms with E-state index >= 15 is 0 Å². The molecule has 0 unspecified atom stereocenters. The highest BCUT2D eigenvalue weighted by atomic mass is 32.2. The van der Waals surface area contributed by atoms with Crippen molar-refractivity contribution in [2.45, 2.75) is 36.1 Å². The van der Waals surface area contributed by atoms with Gasteiger partial charge in [0, 0.05) is 6.54 Å². The molecule has 3 rings (SSSR count). The van der Waals surface area contributed by atoms with Gasteiger partial charge in [-0.25, -0.2) is 22.0 Å². The van der Waals surface area contributed by atoms with Gasteiger partial charge in [-0.15, -0.1) is 0 Å². The molecule has 0 fully saturated rings. The lowest BCUT2D eigenvalue weighted by Gasteiger charge is -2.22. The molecule has 0 aliphatic carbocycles. The summed E-state index contributed by atoms with van der Waals surface area (Å²) in [6.45, 7) is 3.78. The molecule has 1 atom stereocenters. The summed E-state index contributed by atoms with van der Waals surface area (Å²) in [6, 6.07) is 17.4. The van der Waals surface area contributed by atoms with Crippen LogP contribution in [-0.2, 0) is 31.3 Å². The Labute approximate surface area is 194 Å². The van der Waals surface area contributed by atoms with Gasteiger partial charge >= 0.3 is 0 Å². The van der Waals surface area contributed by atoms with Crippen molar-refractivity contribution >= 4 is 36.7 Å². The van der Waals surface area contributed by atoms with Crippen molar-refractivity contribution < 1.29 is 21.6 Å². The summed E-state index contributed by atoms with van der Waals surface area (Å²) in [5.74, 6) is -0.718. The molecule has 3 aromatic rings. The van der Waals surface area contributed by atoms with Crippen LogP contribution in [0.2, 0.25) is 0 Å². The number of fused-ring (bicyclic) bond motifs is 1. The number of carbonyl (C=O) groups is 1. The van der Waals surface area contributed by atoms with E-state index in [4.69, 9.17) is 5.14 Å². The normalized spacial score (nSPS) is 13.2. The first-order valence-corrected chi connectivity index (χ1v) is 13.4. The monoisotopic (exact) mass is 489 g/mol. The SMILES string of the molecule is CC(C)[C@@H](NS(=O)(=O)c1ccc2ccccc2c1)C(=O)NCCc1ccc(S(N)(=O)=O)cc1. The molecule has 4 N–H and O–H groups in total.